The van der Waals surface area contributed by atoms with Gasteiger partial charge in [0.2, 0.25) is 0 Å². The highest BCUT2D eigenvalue weighted by atomic mass is 35.5. The number of hydrogen-bond donors (Lipinski definition) is 2. The highest BCUT2D eigenvalue weighted by Gasteiger charge is 2.12. The molecule has 6 nitrogen and oxygen atoms in total. The van der Waals surface area contributed by atoms with Crippen LogP contribution in [0.4, 0.5) is 23.0 Å². The Morgan fingerprint density at radius 2 is 1.95 bits per heavy atom. The van der Waals surface area contributed by atoms with Crippen LogP contribution in [0, 0.1) is 10.1 Å². The van der Waals surface area contributed by atoms with E-state index in [-0.39, 0.29) is 5.69 Å². The number of nitrogens with zero attached hydrogens (tertiary/aromatic N) is 2. The molecule has 0 radical (unpaired) electrons. The molecule has 1 heterocycles. The Hall–Kier alpha value is -2.05. The molecule has 21 heavy (non-hydrogen) atoms. The Morgan fingerprint density at radius 1 is 1.24 bits per heavy atom. The van der Waals surface area contributed by atoms with E-state index < -0.39 is 4.92 Å². The SMILES string of the molecule is CCNc1cc([N+](=O)[O-])cc(Nc2cc(Cl)ccc2Cl)n1. The minimum atomic E-state index is -0.479. The van der Waals surface area contributed by atoms with Gasteiger partial charge in [0, 0.05) is 11.6 Å². The Morgan fingerprint density at radius 3 is 2.62 bits per heavy atom. The average Bonchev–Trinajstić information content (AvgIpc) is 2.43. The monoisotopic (exact) mass is 326 g/mol. The fourth-order valence-electron chi connectivity index (χ4n) is 1.69. The third kappa shape index (κ3) is 3.96. The summed E-state index contributed by atoms with van der Waals surface area (Å²) in [5.74, 6) is 0.719. The smallest absolute Gasteiger partial charge is 0.276 e. The van der Waals surface area contributed by atoms with Gasteiger partial charge >= 0.3 is 0 Å². The molecule has 0 atom stereocenters. The van der Waals surface area contributed by atoms with Crippen LogP contribution in [0.15, 0.2) is 30.3 Å². The van der Waals surface area contributed by atoms with Crippen molar-refractivity contribution in [2.24, 2.45) is 0 Å². The Labute approximate surface area is 131 Å². The Kier molecular flexibility index (Phi) is 4.82. The zero-order valence-electron chi connectivity index (χ0n) is 11.1. The second kappa shape index (κ2) is 6.60. The van der Waals surface area contributed by atoms with Crippen molar-refractivity contribution in [1.82, 2.24) is 4.98 Å². The standard InChI is InChI=1S/C13H12Cl2N4O2/c1-2-16-12-6-9(19(20)21)7-13(18-12)17-11-5-8(14)3-4-10(11)15/h3-7H,2H2,1H3,(H2,16,17,18). The first-order valence-corrected chi connectivity index (χ1v) is 6.87. The van der Waals surface area contributed by atoms with E-state index in [4.69, 9.17) is 23.2 Å². The van der Waals surface area contributed by atoms with Crippen molar-refractivity contribution < 1.29 is 4.92 Å². The maximum atomic E-state index is 11.0. The molecule has 0 aliphatic carbocycles. The number of nitro groups is 1. The van der Waals surface area contributed by atoms with Crippen LogP contribution in [-0.2, 0) is 0 Å². The fourth-order valence-corrected chi connectivity index (χ4v) is 2.03. The molecule has 110 valence electrons. The van der Waals surface area contributed by atoms with E-state index in [0.29, 0.717) is 33.9 Å². The first-order chi connectivity index (χ1) is 9.99. The van der Waals surface area contributed by atoms with Crippen molar-refractivity contribution in [3.8, 4) is 0 Å². The van der Waals surface area contributed by atoms with Gasteiger partial charge in [0.05, 0.1) is 27.8 Å². The second-order valence-corrected chi connectivity index (χ2v) is 4.98. The van der Waals surface area contributed by atoms with Crippen LogP contribution in [0.5, 0.6) is 0 Å². The maximum absolute atomic E-state index is 11.0. The van der Waals surface area contributed by atoms with Crippen molar-refractivity contribution >= 4 is 46.2 Å². The van der Waals surface area contributed by atoms with Gasteiger partial charge in [-0.3, -0.25) is 10.1 Å². The fraction of sp³-hybridized carbons (Fsp3) is 0.154. The van der Waals surface area contributed by atoms with Gasteiger partial charge in [-0.05, 0) is 25.1 Å². The summed E-state index contributed by atoms with van der Waals surface area (Å²) in [7, 11) is 0. The number of aromatic nitrogens is 1. The van der Waals surface area contributed by atoms with Crippen LogP contribution < -0.4 is 10.6 Å². The van der Waals surface area contributed by atoms with Gasteiger partial charge in [0.1, 0.15) is 11.6 Å². The maximum Gasteiger partial charge on any atom is 0.276 e. The van der Waals surface area contributed by atoms with Gasteiger partial charge in [0.25, 0.3) is 5.69 Å². The molecule has 0 unspecified atom stereocenters. The summed E-state index contributed by atoms with van der Waals surface area (Å²) in [5, 5.41) is 17.8. The summed E-state index contributed by atoms with van der Waals surface area (Å²) in [6.07, 6.45) is 0. The lowest BCUT2D eigenvalue weighted by Crippen LogP contribution is -2.03. The summed E-state index contributed by atoms with van der Waals surface area (Å²) < 4.78 is 0. The number of pyridine rings is 1. The number of benzene rings is 1. The van der Waals surface area contributed by atoms with Crippen LogP contribution in [-0.4, -0.2) is 16.5 Å². The number of anilines is 3. The van der Waals surface area contributed by atoms with Crippen molar-refractivity contribution in [3.63, 3.8) is 0 Å². The molecule has 0 aliphatic heterocycles. The third-order valence-corrected chi connectivity index (χ3v) is 3.13. The van der Waals surface area contributed by atoms with Gasteiger partial charge < -0.3 is 10.6 Å². The lowest BCUT2D eigenvalue weighted by Gasteiger charge is -2.10. The summed E-state index contributed by atoms with van der Waals surface area (Å²) in [6, 6.07) is 7.61. The lowest BCUT2D eigenvalue weighted by atomic mass is 10.3. The van der Waals surface area contributed by atoms with Gasteiger partial charge in [-0.15, -0.1) is 0 Å². The number of rotatable bonds is 5. The summed E-state index contributed by atoms with van der Waals surface area (Å²) in [5.41, 5.74) is 0.459. The summed E-state index contributed by atoms with van der Waals surface area (Å²) in [6.45, 7) is 2.48. The van der Waals surface area contributed by atoms with Crippen molar-refractivity contribution in [2.45, 2.75) is 6.92 Å². The average molecular weight is 327 g/mol. The van der Waals surface area contributed by atoms with Gasteiger partial charge in [-0.1, -0.05) is 23.2 Å². The molecule has 2 N–H and O–H groups in total. The molecule has 0 saturated heterocycles. The van der Waals surface area contributed by atoms with E-state index in [0.717, 1.165) is 0 Å². The Balaban J connectivity index is 2.38. The van der Waals surface area contributed by atoms with E-state index in [1.165, 1.54) is 12.1 Å². The predicted molar refractivity (Wildman–Crippen MR) is 84.8 cm³/mol. The first kappa shape index (κ1) is 15.3. The van der Waals surface area contributed by atoms with Crippen LogP contribution in [0.2, 0.25) is 10.0 Å². The van der Waals surface area contributed by atoms with E-state index >= 15 is 0 Å². The van der Waals surface area contributed by atoms with Crippen LogP contribution in [0.3, 0.4) is 0 Å². The minimum absolute atomic E-state index is 0.0680. The molecule has 0 fully saturated rings. The van der Waals surface area contributed by atoms with Gasteiger partial charge in [-0.2, -0.15) is 0 Å². The zero-order valence-corrected chi connectivity index (χ0v) is 12.6. The van der Waals surface area contributed by atoms with Crippen molar-refractivity contribution in [1.29, 1.82) is 0 Å². The molecule has 0 spiro atoms. The molecule has 2 aromatic rings. The second-order valence-electron chi connectivity index (χ2n) is 4.13. The topological polar surface area (TPSA) is 80.1 Å². The molecule has 0 saturated carbocycles. The Bertz CT molecular complexity index is 679. The molecule has 0 aliphatic rings. The highest BCUT2D eigenvalue weighted by Crippen LogP contribution is 2.29. The van der Waals surface area contributed by atoms with Gasteiger partial charge in [0.15, 0.2) is 0 Å². The number of hydrogen-bond acceptors (Lipinski definition) is 5. The third-order valence-electron chi connectivity index (χ3n) is 2.57. The zero-order chi connectivity index (χ0) is 15.4. The highest BCUT2D eigenvalue weighted by molar-refractivity contribution is 6.35. The normalized spacial score (nSPS) is 10.2. The quantitative estimate of drug-likeness (QED) is 0.625. The van der Waals surface area contributed by atoms with Crippen LogP contribution in [0.1, 0.15) is 6.92 Å². The first-order valence-electron chi connectivity index (χ1n) is 6.12. The minimum Gasteiger partial charge on any atom is -0.370 e. The summed E-state index contributed by atoms with van der Waals surface area (Å²) in [4.78, 5) is 14.7. The summed E-state index contributed by atoms with van der Waals surface area (Å²) >= 11 is 12.0. The van der Waals surface area contributed by atoms with E-state index in [1.54, 1.807) is 18.2 Å². The molecule has 0 bridgehead atoms. The van der Waals surface area contributed by atoms with Crippen LogP contribution >= 0.6 is 23.2 Å². The molecular formula is C13H12Cl2N4O2. The molecule has 2 rings (SSSR count). The van der Waals surface area contributed by atoms with Gasteiger partial charge in [-0.25, -0.2) is 4.98 Å². The predicted octanol–water partition coefficient (Wildman–Crippen LogP) is 4.47. The lowest BCUT2D eigenvalue weighted by molar-refractivity contribution is -0.384. The molecular weight excluding hydrogens is 315 g/mol. The van der Waals surface area contributed by atoms with Crippen molar-refractivity contribution in [3.05, 3.63) is 50.5 Å². The molecule has 1 aromatic heterocycles. The molecule has 0 amide bonds. The van der Waals surface area contributed by atoms with E-state index in [9.17, 15) is 10.1 Å². The molecule has 1 aromatic carbocycles. The number of nitrogens with one attached hydrogen (secondary N) is 2. The molecule has 8 heteroatoms. The van der Waals surface area contributed by atoms with Crippen molar-refractivity contribution in [2.75, 3.05) is 17.2 Å². The van der Waals surface area contributed by atoms with E-state index in [2.05, 4.69) is 15.6 Å². The number of halogens is 2. The van der Waals surface area contributed by atoms with Crippen LogP contribution in [0.25, 0.3) is 0 Å². The van der Waals surface area contributed by atoms with E-state index in [1.807, 2.05) is 6.92 Å². The largest absolute Gasteiger partial charge is 0.370 e.